The highest BCUT2D eigenvalue weighted by Crippen LogP contribution is 2.42. The predicted molar refractivity (Wildman–Crippen MR) is 120 cm³/mol. The van der Waals surface area contributed by atoms with E-state index in [2.05, 4.69) is 4.72 Å². The smallest absolute Gasteiger partial charge is 0.291 e. The van der Waals surface area contributed by atoms with E-state index < -0.39 is 10.0 Å². The molecule has 0 bridgehead atoms. The average Bonchev–Trinajstić information content (AvgIpc) is 2.91. The van der Waals surface area contributed by atoms with Crippen LogP contribution in [0.5, 0.6) is 0 Å². The maximum absolute atomic E-state index is 11.9. The largest absolute Gasteiger partial charge is 0.292 e. The van der Waals surface area contributed by atoms with Crippen molar-refractivity contribution in [1.82, 2.24) is 9.62 Å². The van der Waals surface area contributed by atoms with Gasteiger partial charge in [-0.05, 0) is 55.5 Å². The van der Waals surface area contributed by atoms with Crippen LogP contribution in [0.25, 0.3) is 0 Å². The molecule has 2 aromatic rings. The first-order valence-electron chi connectivity index (χ1n) is 9.03. The van der Waals surface area contributed by atoms with Crippen molar-refractivity contribution in [3.05, 3.63) is 65.7 Å². The monoisotopic (exact) mass is 450 g/mol. The van der Waals surface area contributed by atoms with Gasteiger partial charge >= 0.3 is 0 Å². The van der Waals surface area contributed by atoms with Gasteiger partial charge in [0.2, 0.25) is 16.2 Å². The molecule has 9 heteroatoms. The van der Waals surface area contributed by atoms with Crippen LogP contribution in [0.4, 0.5) is 0 Å². The van der Waals surface area contributed by atoms with Crippen LogP contribution in [0.3, 0.4) is 0 Å². The van der Waals surface area contributed by atoms with E-state index in [1.807, 2.05) is 49.1 Å². The lowest BCUT2D eigenvalue weighted by atomic mass is 10.1. The molecule has 6 nitrogen and oxygen atoms in total. The van der Waals surface area contributed by atoms with E-state index >= 15 is 0 Å². The minimum atomic E-state index is -3.50. The quantitative estimate of drug-likeness (QED) is 0.232. The molecule has 3 rings (SSSR count). The molecule has 1 unspecified atom stereocenters. The normalized spacial score (nSPS) is 19.6. The van der Waals surface area contributed by atoms with Crippen LogP contribution in [0.2, 0.25) is 0 Å². The summed E-state index contributed by atoms with van der Waals surface area (Å²) in [5, 5.41) is 10.9. The van der Waals surface area contributed by atoms with Crippen molar-refractivity contribution in [2.24, 2.45) is 0 Å². The van der Waals surface area contributed by atoms with Crippen LogP contribution in [0.15, 0.2) is 59.5 Å². The number of sulfonamides is 1. The molecule has 1 saturated heterocycles. The van der Waals surface area contributed by atoms with Crippen LogP contribution >= 0.6 is 24.0 Å². The molecule has 1 fully saturated rings. The Kier molecular flexibility index (Phi) is 6.33. The van der Waals surface area contributed by atoms with Gasteiger partial charge < -0.3 is 0 Å². The summed E-state index contributed by atoms with van der Waals surface area (Å²) in [6, 6.07) is 16.3. The summed E-state index contributed by atoms with van der Waals surface area (Å²) in [6.07, 6.45) is 1.22. The van der Waals surface area contributed by atoms with E-state index in [1.54, 1.807) is 30.1 Å². The molecule has 1 atom stereocenters. The van der Waals surface area contributed by atoms with Gasteiger partial charge in [0.15, 0.2) is 0 Å². The molecule has 0 amide bonds. The number of thiocarbonyl (C=S) groups is 1. The van der Waals surface area contributed by atoms with E-state index in [4.69, 9.17) is 12.2 Å². The van der Waals surface area contributed by atoms with Gasteiger partial charge in [0, 0.05) is 5.56 Å². The minimum Gasteiger partial charge on any atom is -0.291 e. The first-order valence-corrected chi connectivity index (χ1v) is 11.7. The van der Waals surface area contributed by atoms with Crippen LogP contribution in [0.1, 0.15) is 25.0 Å². The second-order valence-corrected chi connectivity index (χ2v) is 11.4. The summed E-state index contributed by atoms with van der Waals surface area (Å²) in [6.45, 7) is 4.67. The fourth-order valence-corrected chi connectivity index (χ4v) is 5.89. The van der Waals surface area contributed by atoms with Gasteiger partial charge in [-0.1, -0.05) is 54.3 Å². The Morgan fingerprint density at radius 2 is 1.83 bits per heavy atom. The van der Waals surface area contributed by atoms with Crippen LogP contribution in [-0.4, -0.2) is 51.8 Å². The molecule has 2 aromatic carbocycles. The molecule has 1 aliphatic heterocycles. The highest BCUT2D eigenvalue weighted by molar-refractivity contribution is 8.24. The fourth-order valence-electron chi connectivity index (χ4n) is 3.28. The number of nitrogens with one attached hydrogen (secondary N) is 1. The van der Waals surface area contributed by atoms with Crippen molar-refractivity contribution >= 4 is 44.5 Å². The van der Waals surface area contributed by atoms with E-state index in [1.165, 1.54) is 19.2 Å². The molecular formula is C20H24N3O3S3+. The highest BCUT2D eigenvalue weighted by atomic mass is 32.2. The Hall–Kier alpha value is -1.94. The average molecular weight is 451 g/mol. The van der Waals surface area contributed by atoms with Gasteiger partial charge in [-0.2, -0.15) is 0 Å². The molecule has 1 heterocycles. The minimum absolute atomic E-state index is 0.172. The summed E-state index contributed by atoms with van der Waals surface area (Å²) in [7, 11) is -2.13. The zero-order chi connectivity index (χ0) is 21.2. The van der Waals surface area contributed by atoms with Gasteiger partial charge in [-0.25, -0.2) is 13.1 Å². The van der Waals surface area contributed by atoms with Crippen molar-refractivity contribution in [3.8, 4) is 0 Å². The lowest BCUT2D eigenvalue weighted by molar-refractivity contribution is -0.808. The Morgan fingerprint density at radius 1 is 1.21 bits per heavy atom. The SMILES string of the molecule is CNS(=O)(=O)c1ccc(C=[N+](O)C2N(Cc3ccccc3)C(=S)SC2(C)C)cc1. The zero-order valence-electron chi connectivity index (χ0n) is 16.4. The third-order valence-electron chi connectivity index (χ3n) is 4.69. The molecule has 0 aromatic heterocycles. The van der Waals surface area contributed by atoms with Gasteiger partial charge in [0.05, 0.1) is 11.4 Å². The Bertz CT molecular complexity index is 1020. The maximum atomic E-state index is 11.9. The van der Waals surface area contributed by atoms with E-state index in [0.717, 1.165) is 14.6 Å². The molecule has 2 N–H and O–H groups in total. The zero-order valence-corrected chi connectivity index (χ0v) is 18.9. The number of hydrogen-bond donors (Lipinski definition) is 2. The van der Waals surface area contributed by atoms with Crippen molar-refractivity contribution in [2.75, 3.05) is 7.05 Å². The molecule has 0 aliphatic carbocycles. The topological polar surface area (TPSA) is 72.6 Å². The second kappa shape index (κ2) is 8.43. The number of rotatable bonds is 6. The summed E-state index contributed by atoms with van der Waals surface area (Å²) >= 11 is 7.14. The van der Waals surface area contributed by atoms with Gasteiger partial charge in [-0.3, -0.25) is 10.1 Å². The van der Waals surface area contributed by atoms with E-state index in [-0.39, 0.29) is 15.8 Å². The van der Waals surface area contributed by atoms with Crippen molar-refractivity contribution in [1.29, 1.82) is 0 Å². The fraction of sp³-hybridized carbons (Fsp3) is 0.300. The van der Waals surface area contributed by atoms with Crippen molar-refractivity contribution in [3.63, 3.8) is 0 Å². The Balaban J connectivity index is 1.89. The maximum Gasteiger partial charge on any atom is 0.292 e. The lowest BCUT2D eigenvalue weighted by Crippen LogP contribution is -2.48. The second-order valence-electron chi connectivity index (χ2n) is 7.24. The molecule has 154 valence electrons. The van der Waals surface area contributed by atoms with E-state index in [0.29, 0.717) is 12.1 Å². The Morgan fingerprint density at radius 3 is 2.41 bits per heavy atom. The molecule has 0 spiro atoms. The molecule has 0 radical (unpaired) electrons. The number of nitrogens with zero attached hydrogens (tertiary/aromatic N) is 2. The summed E-state index contributed by atoms with van der Waals surface area (Å²) in [5.41, 5.74) is 1.79. The Labute approximate surface area is 181 Å². The number of thioether (sulfide) groups is 1. The van der Waals surface area contributed by atoms with E-state index in [9.17, 15) is 13.6 Å². The molecule has 29 heavy (non-hydrogen) atoms. The highest BCUT2D eigenvalue weighted by Gasteiger charge is 2.52. The third kappa shape index (κ3) is 4.80. The summed E-state index contributed by atoms with van der Waals surface area (Å²) in [4.78, 5) is 2.18. The first kappa shape index (κ1) is 21.8. The van der Waals surface area contributed by atoms with Crippen molar-refractivity contribution < 1.29 is 18.4 Å². The van der Waals surface area contributed by atoms with Crippen molar-refractivity contribution in [2.45, 2.75) is 36.2 Å². The van der Waals surface area contributed by atoms with Crippen LogP contribution < -0.4 is 4.72 Å². The van der Waals surface area contributed by atoms with Gasteiger partial charge in [-0.15, -0.1) is 0 Å². The van der Waals surface area contributed by atoms with Crippen LogP contribution in [0, 0.1) is 0 Å². The number of benzene rings is 2. The summed E-state index contributed by atoms with van der Waals surface area (Å²) in [5.74, 6) is 0. The van der Waals surface area contributed by atoms with Gasteiger partial charge in [0.1, 0.15) is 9.07 Å². The third-order valence-corrected chi connectivity index (χ3v) is 7.75. The molecule has 1 aliphatic rings. The van der Waals surface area contributed by atoms with Crippen LogP contribution in [-0.2, 0) is 16.6 Å². The number of hydrogen-bond acceptors (Lipinski definition) is 5. The lowest BCUT2D eigenvalue weighted by Gasteiger charge is -2.25. The first-order chi connectivity index (χ1) is 13.6. The molecular weight excluding hydrogens is 426 g/mol. The standard InChI is InChI=1S/C20H24N3O3S3/c1-20(2)18(22(19(27)28-20)13-15-7-5-4-6-8-15)23(24)14-16-9-11-17(12-10-16)29(25,26)21-3/h4-12,14,18,21,24H,13H2,1-3H3/q+1. The summed E-state index contributed by atoms with van der Waals surface area (Å²) < 4.78 is 27.6. The number of hydroxylamine groups is 1. The van der Waals surface area contributed by atoms with Gasteiger partial charge in [0.25, 0.3) is 6.17 Å². The predicted octanol–water partition coefficient (Wildman–Crippen LogP) is 3.05. The molecule has 0 saturated carbocycles.